The minimum absolute atomic E-state index is 0.448. The Labute approximate surface area is 214 Å². The van der Waals surface area contributed by atoms with Crippen LogP contribution in [0.4, 0.5) is 0 Å². The van der Waals surface area contributed by atoms with Gasteiger partial charge in [0.15, 0.2) is 12.0 Å². The lowest BCUT2D eigenvalue weighted by Gasteiger charge is -2.17. The topological polar surface area (TPSA) is 81.8 Å². The second-order valence-electron chi connectivity index (χ2n) is 9.02. The Balaban J connectivity index is 0.00000176. The Hall–Kier alpha value is -3.28. The van der Waals surface area contributed by atoms with Crippen molar-refractivity contribution in [3.05, 3.63) is 77.0 Å². The zero-order valence-corrected chi connectivity index (χ0v) is 22.0. The predicted octanol–water partition coefficient (Wildman–Crippen LogP) is 7.12. The summed E-state index contributed by atoms with van der Waals surface area (Å²) in [5.41, 5.74) is 2.95. The van der Waals surface area contributed by atoms with E-state index in [1.807, 2.05) is 63.2 Å². The molecule has 4 rings (SSSR count). The van der Waals surface area contributed by atoms with Gasteiger partial charge in [0.05, 0.1) is 12.3 Å². The third kappa shape index (κ3) is 7.61. The lowest BCUT2D eigenvalue weighted by molar-refractivity contribution is -0.144. The van der Waals surface area contributed by atoms with E-state index in [0.29, 0.717) is 31.1 Å². The van der Waals surface area contributed by atoms with Gasteiger partial charge in [-0.15, -0.1) is 0 Å². The number of nitrogens with zero attached hydrogens (tertiary/aromatic N) is 1. The van der Waals surface area contributed by atoms with Gasteiger partial charge in [-0.1, -0.05) is 63.4 Å². The van der Waals surface area contributed by atoms with Gasteiger partial charge in [-0.05, 0) is 50.5 Å². The average molecular weight is 494 g/mol. The van der Waals surface area contributed by atoms with Crippen LogP contribution in [0.15, 0.2) is 52.9 Å². The van der Waals surface area contributed by atoms with Gasteiger partial charge >= 0.3 is 5.97 Å². The number of rotatable bonds is 10. The molecule has 0 amide bonds. The van der Waals surface area contributed by atoms with Crippen LogP contribution < -0.4 is 9.47 Å². The quantitative estimate of drug-likeness (QED) is 0.324. The highest BCUT2D eigenvalue weighted by molar-refractivity contribution is 5.72. The Morgan fingerprint density at radius 1 is 1.11 bits per heavy atom. The van der Waals surface area contributed by atoms with Crippen molar-refractivity contribution in [1.29, 1.82) is 0 Å². The molecule has 6 nitrogen and oxygen atoms in total. The highest BCUT2D eigenvalue weighted by Gasteiger charge is 2.22. The summed E-state index contributed by atoms with van der Waals surface area (Å²) in [4.78, 5) is 16.1. The summed E-state index contributed by atoms with van der Waals surface area (Å²) < 4.78 is 17.7. The van der Waals surface area contributed by atoms with Crippen LogP contribution in [-0.4, -0.2) is 28.8 Å². The van der Waals surface area contributed by atoms with Crippen LogP contribution in [0.5, 0.6) is 11.5 Å². The number of carboxylic acid groups (broad SMARTS) is 1. The number of aryl methyl sites for hydroxylation is 1. The minimum Gasteiger partial charge on any atom is -0.493 e. The third-order valence-electron chi connectivity index (χ3n) is 6.39. The number of ether oxygens (including phenoxy) is 2. The molecule has 0 bridgehead atoms. The molecule has 36 heavy (non-hydrogen) atoms. The monoisotopic (exact) mass is 493 g/mol. The van der Waals surface area contributed by atoms with Crippen molar-refractivity contribution >= 4 is 5.97 Å². The molecular weight excluding hydrogens is 454 g/mol. The van der Waals surface area contributed by atoms with Crippen molar-refractivity contribution < 1.29 is 23.8 Å². The maximum atomic E-state index is 11.3. The van der Waals surface area contributed by atoms with Gasteiger partial charge in [0.25, 0.3) is 0 Å². The normalized spacial score (nSPS) is 14.4. The van der Waals surface area contributed by atoms with Gasteiger partial charge in [-0.2, -0.15) is 0 Å². The van der Waals surface area contributed by atoms with Crippen molar-refractivity contribution in [1.82, 2.24) is 4.98 Å². The molecule has 1 heterocycles. The molecule has 1 aliphatic rings. The number of oxazole rings is 1. The Morgan fingerprint density at radius 2 is 1.83 bits per heavy atom. The fourth-order valence-electron chi connectivity index (χ4n) is 4.43. The number of benzene rings is 2. The number of hydrogen-bond donors (Lipinski definition) is 1. The van der Waals surface area contributed by atoms with Gasteiger partial charge in [0, 0.05) is 24.3 Å². The molecule has 0 radical (unpaired) electrons. The van der Waals surface area contributed by atoms with Crippen LogP contribution in [0.25, 0.3) is 0 Å². The van der Waals surface area contributed by atoms with E-state index < -0.39 is 12.1 Å². The van der Waals surface area contributed by atoms with Crippen molar-refractivity contribution in [3.63, 3.8) is 0 Å². The molecule has 2 aromatic carbocycles. The first kappa shape index (κ1) is 27.3. The molecule has 6 heteroatoms. The van der Waals surface area contributed by atoms with Crippen molar-refractivity contribution in [2.24, 2.45) is 0 Å². The van der Waals surface area contributed by atoms with Crippen LogP contribution in [0.3, 0.4) is 0 Å². The summed E-state index contributed by atoms with van der Waals surface area (Å²) >= 11 is 0. The molecule has 0 aliphatic heterocycles. The molecular formula is C30H39NO5. The van der Waals surface area contributed by atoms with Crippen LogP contribution in [0.1, 0.15) is 87.3 Å². The van der Waals surface area contributed by atoms with Crippen LogP contribution in [0, 0.1) is 6.92 Å². The second-order valence-corrected chi connectivity index (χ2v) is 9.02. The summed E-state index contributed by atoms with van der Waals surface area (Å²) in [5.74, 6) is 2.47. The average Bonchev–Trinajstić information content (AvgIpc) is 3.28. The fourth-order valence-corrected chi connectivity index (χ4v) is 4.43. The molecule has 1 saturated carbocycles. The van der Waals surface area contributed by atoms with Crippen molar-refractivity contribution in [2.75, 3.05) is 6.61 Å². The Kier molecular flexibility index (Phi) is 10.4. The first-order chi connectivity index (χ1) is 17.5. The molecule has 1 fully saturated rings. The van der Waals surface area contributed by atoms with Crippen LogP contribution >= 0.6 is 0 Å². The van der Waals surface area contributed by atoms with E-state index in [2.05, 4.69) is 0 Å². The van der Waals surface area contributed by atoms with Gasteiger partial charge in [-0.3, -0.25) is 0 Å². The summed E-state index contributed by atoms with van der Waals surface area (Å²) in [6, 6.07) is 15.6. The first-order valence-electron chi connectivity index (χ1n) is 13.1. The van der Waals surface area contributed by atoms with Gasteiger partial charge < -0.3 is 19.0 Å². The summed E-state index contributed by atoms with van der Waals surface area (Å²) in [5, 5.41) is 9.25. The number of aliphatic carboxylic acids is 1. The van der Waals surface area contributed by atoms with Crippen molar-refractivity contribution in [2.45, 2.75) is 84.7 Å². The minimum atomic E-state index is -0.999. The molecule has 194 valence electrons. The maximum absolute atomic E-state index is 11.3. The van der Waals surface area contributed by atoms with Gasteiger partial charge in [0.2, 0.25) is 0 Å². The Morgan fingerprint density at radius 3 is 2.53 bits per heavy atom. The third-order valence-corrected chi connectivity index (χ3v) is 6.39. The summed E-state index contributed by atoms with van der Waals surface area (Å²) in [6.07, 6.45) is 6.49. The summed E-state index contributed by atoms with van der Waals surface area (Å²) in [7, 11) is 0. The number of carbonyl (C=O) groups is 1. The van der Waals surface area contributed by atoms with E-state index in [9.17, 15) is 9.90 Å². The van der Waals surface area contributed by atoms with Gasteiger partial charge in [0.1, 0.15) is 17.3 Å². The van der Waals surface area contributed by atoms with E-state index in [4.69, 9.17) is 18.9 Å². The SMILES string of the molecule is CC.Cc1oc(C2CCCCC2)nc1CCOc1ccc(OC(C)C(=O)O)c(Cc2ccccc2)c1. The van der Waals surface area contributed by atoms with E-state index in [1.54, 1.807) is 6.07 Å². The zero-order chi connectivity index (χ0) is 25.9. The molecule has 1 aromatic heterocycles. The van der Waals surface area contributed by atoms with Gasteiger partial charge in [-0.25, -0.2) is 9.78 Å². The summed E-state index contributed by atoms with van der Waals surface area (Å²) in [6.45, 7) is 7.98. The standard InChI is InChI=1S/C28H33NO5.C2H6/c1-19-25(29-27(34-19)22-11-7-4-8-12-22)15-16-32-24-13-14-26(33-20(2)28(30)31)23(18-24)17-21-9-5-3-6-10-21;1-2/h3,5-6,9-10,13-14,18,20,22H,4,7-8,11-12,15-17H2,1-2H3,(H,30,31);1-2H3. The molecule has 1 aliphatic carbocycles. The number of hydrogen-bond acceptors (Lipinski definition) is 5. The number of aromatic nitrogens is 1. The zero-order valence-electron chi connectivity index (χ0n) is 22.0. The maximum Gasteiger partial charge on any atom is 0.344 e. The smallest absolute Gasteiger partial charge is 0.344 e. The largest absolute Gasteiger partial charge is 0.493 e. The fraction of sp³-hybridized carbons (Fsp3) is 0.467. The lowest BCUT2D eigenvalue weighted by atomic mass is 9.89. The highest BCUT2D eigenvalue weighted by atomic mass is 16.5. The molecule has 3 aromatic rings. The number of carboxylic acids is 1. The predicted molar refractivity (Wildman–Crippen MR) is 141 cm³/mol. The second kappa shape index (κ2) is 13.7. The van der Waals surface area contributed by atoms with E-state index >= 15 is 0 Å². The van der Waals surface area contributed by atoms with Crippen LogP contribution in [-0.2, 0) is 17.6 Å². The molecule has 0 saturated heterocycles. The van der Waals surface area contributed by atoms with E-state index in [0.717, 1.165) is 47.1 Å². The Bertz CT molecular complexity index is 1090. The molecule has 1 N–H and O–H groups in total. The van der Waals surface area contributed by atoms with Crippen LogP contribution in [0.2, 0.25) is 0 Å². The molecule has 0 spiro atoms. The lowest BCUT2D eigenvalue weighted by Crippen LogP contribution is -2.23. The highest BCUT2D eigenvalue weighted by Crippen LogP contribution is 2.33. The van der Waals surface area contributed by atoms with E-state index in [-0.39, 0.29) is 0 Å². The first-order valence-corrected chi connectivity index (χ1v) is 13.1. The molecule has 1 atom stereocenters. The molecule has 1 unspecified atom stereocenters. The van der Waals surface area contributed by atoms with E-state index in [1.165, 1.54) is 26.2 Å². The van der Waals surface area contributed by atoms with Crippen molar-refractivity contribution in [3.8, 4) is 11.5 Å².